The molecule has 78 valence electrons. The fourth-order valence-corrected chi connectivity index (χ4v) is 2.57. The van der Waals surface area contributed by atoms with Crippen molar-refractivity contribution in [3.8, 4) is 0 Å². The van der Waals surface area contributed by atoms with Crippen LogP contribution in [0.3, 0.4) is 0 Å². The lowest BCUT2D eigenvalue weighted by atomic mass is 9.86. The maximum absolute atomic E-state index is 6.25. The minimum absolute atomic E-state index is 0.460. The molecular weight excluding hydrogens is 158 g/mol. The molecule has 0 amide bonds. The molecule has 0 spiro atoms. The first-order valence-electron chi connectivity index (χ1n) is 5.94. The second-order valence-corrected chi connectivity index (χ2v) is 4.81. The van der Waals surface area contributed by atoms with Crippen LogP contribution in [0.4, 0.5) is 0 Å². The number of rotatable bonds is 4. The van der Waals surface area contributed by atoms with Crippen LogP contribution in [0.2, 0.25) is 0 Å². The van der Waals surface area contributed by atoms with E-state index in [0.29, 0.717) is 12.0 Å². The molecule has 1 rings (SSSR count). The second-order valence-electron chi connectivity index (χ2n) is 4.81. The van der Waals surface area contributed by atoms with Gasteiger partial charge in [0.1, 0.15) is 0 Å². The van der Waals surface area contributed by atoms with E-state index in [0.717, 1.165) is 11.8 Å². The quantitative estimate of drug-likeness (QED) is 0.711. The monoisotopic (exact) mass is 183 g/mol. The summed E-state index contributed by atoms with van der Waals surface area (Å²) in [6, 6.07) is 0.460. The largest absolute Gasteiger partial charge is 0.327 e. The van der Waals surface area contributed by atoms with Gasteiger partial charge in [-0.15, -0.1) is 0 Å². The van der Waals surface area contributed by atoms with Crippen LogP contribution < -0.4 is 5.73 Å². The van der Waals surface area contributed by atoms with Gasteiger partial charge in [0.25, 0.3) is 0 Å². The molecule has 13 heavy (non-hydrogen) atoms. The summed E-state index contributed by atoms with van der Waals surface area (Å²) in [4.78, 5) is 0. The van der Waals surface area contributed by atoms with Crippen molar-refractivity contribution < 1.29 is 0 Å². The Morgan fingerprint density at radius 3 is 2.46 bits per heavy atom. The van der Waals surface area contributed by atoms with Gasteiger partial charge in [0.05, 0.1) is 0 Å². The Kier molecular flexibility index (Phi) is 4.24. The van der Waals surface area contributed by atoms with Crippen molar-refractivity contribution in [1.29, 1.82) is 0 Å². The van der Waals surface area contributed by atoms with E-state index < -0.39 is 0 Å². The highest BCUT2D eigenvalue weighted by atomic mass is 14.7. The van der Waals surface area contributed by atoms with Crippen LogP contribution in [-0.4, -0.2) is 6.04 Å². The molecule has 0 bridgehead atoms. The summed E-state index contributed by atoms with van der Waals surface area (Å²) in [5.41, 5.74) is 6.25. The average Bonchev–Trinajstić information content (AvgIpc) is 2.63. The minimum atomic E-state index is 0.460. The Balaban J connectivity index is 2.36. The van der Waals surface area contributed by atoms with Gasteiger partial charge in [-0.1, -0.05) is 40.0 Å². The van der Waals surface area contributed by atoms with E-state index in [1.54, 1.807) is 0 Å². The van der Waals surface area contributed by atoms with Crippen molar-refractivity contribution in [2.75, 3.05) is 0 Å². The van der Waals surface area contributed by atoms with Gasteiger partial charge in [0.15, 0.2) is 0 Å². The van der Waals surface area contributed by atoms with Crippen molar-refractivity contribution >= 4 is 0 Å². The van der Waals surface area contributed by atoms with Gasteiger partial charge in [0.2, 0.25) is 0 Å². The highest BCUT2D eigenvalue weighted by Gasteiger charge is 2.29. The van der Waals surface area contributed by atoms with E-state index in [4.69, 9.17) is 5.73 Å². The van der Waals surface area contributed by atoms with Crippen LogP contribution in [0.1, 0.15) is 52.9 Å². The van der Waals surface area contributed by atoms with E-state index in [9.17, 15) is 0 Å². The second kappa shape index (κ2) is 4.99. The van der Waals surface area contributed by atoms with Gasteiger partial charge in [0, 0.05) is 6.04 Å². The molecule has 4 atom stereocenters. The average molecular weight is 183 g/mol. The van der Waals surface area contributed by atoms with Crippen LogP contribution in [0.15, 0.2) is 0 Å². The molecule has 0 radical (unpaired) electrons. The van der Waals surface area contributed by atoms with Crippen molar-refractivity contribution in [3.63, 3.8) is 0 Å². The summed E-state index contributed by atoms with van der Waals surface area (Å²) in [5.74, 6) is 2.50. The normalized spacial score (nSPS) is 33.2. The molecule has 0 aromatic carbocycles. The van der Waals surface area contributed by atoms with Crippen molar-refractivity contribution in [2.45, 2.75) is 58.9 Å². The Hall–Kier alpha value is -0.0400. The number of hydrogen-bond donors (Lipinski definition) is 1. The summed E-state index contributed by atoms with van der Waals surface area (Å²) in [6.45, 7) is 6.85. The zero-order valence-corrected chi connectivity index (χ0v) is 9.42. The maximum atomic E-state index is 6.25. The summed E-state index contributed by atoms with van der Waals surface area (Å²) < 4.78 is 0. The number of nitrogens with two attached hydrogens (primary N) is 1. The molecule has 1 aliphatic rings. The topological polar surface area (TPSA) is 26.0 Å². The van der Waals surface area contributed by atoms with Crippen molar-refractivity contribution in [2.24, 2.45) is 23.5 Å². The Morgan fingerprint density at radius 1 is 1.31 bits per heavy atom. The first-order chi connectivity index (χ1) is 6.19. The minimum Gasteiger partial charge on any atom is -0.327 e. The van der Waals surface area contributed by atoms with Crippen LogP contribution in [0.25, 0.3) is 0 Å². The predicted octanol–water partition coefficient (Wildman–Crippen LogP) is 3.19. The lowest BCUT2D eigenvalue weighted by Crippen LogP contribution is -2.34. The van der Waals surface area contributed by atoms with E-state index in [1.165, 1.54) is 32.1 Å². The fraction of sp³-hybridized carbons (Fsp3) is 1.00. The number of hydrogen-bond acceptors (Lipinski definition) is 1. The van der Waals surface area contributed by atoms with E-state index in [1.807, 2.05) is 0 Å². The molecule has 0 aliphatic heterocycles. The summed E-state index contributed by atoms with van der Waals surface area (Å²) in [7, 11) is 0. The standard InChI is InChI=1S/C12H25N/c1-4-9(3)12(13)11-7-6-10(5-2)8-11/h9-12H,4-8,13H2,1-3H3. The molecule has 0 aromatic rings. The highest BCUT2D eigenvalue weighted by Crippen LogP contribution is 2.36. The lowest BCUT2D eigenvalue weighted by Gasteiger charge is -2.24. The van der Waals surface area contributed by atoms with E-state index >= 15 is 0 Å². The van der Waals surface area contributed by atoms with Gasteiger partial charge < -0.3 is 5.73 Å². The van der Waals surface area contributed by atoms with E-state index in [-0.39, 0.29) is 0 Å². The molecule has 1 aliphatic carbocycles. The SMILES string of the molecule is CCC1CCC(C(N)C(C)CC)C1. The van der Waals surface area contributed by atoms with Crippen LogP contribution in [-0.2, 0) is 0 Å². The third-order valence-electron chi connectivity index (χ3n) is 4.00. The smallest absolute Gasteiger partial charge is 0.00930 e. The Bertz CT molecular complexity index is 144. The molecule has 0 saturated heterocycles. The molecule has 1 fully saturated rings. The molecule has 0 aromatic heterocycles. The fourth-order valence-electron chi connectivity index (χ4n) is 2.57. The maximum Gasteiger partial charge on any atom is 0.00930 e. The first-order valence-corrected chi connectivity index (χ1v) is 5.94. The summed E-state index contributed by atoms with van der Waals surface area (Å²) in [6.07, 6.45) is 6.77. The zero-order valence-electron chi connectivity index (χ0n) is 9.42. The predicted molar refractivity (Wildman–Crippen MR) is 58.6 cm³/mol. The summed E-state index contributed by atoms with van der Waals surface area (Å²) >= 11 is 0. The molecule has 1 saturated carbocycles. The van der Waals surface area contributed by atoms with Gasteiger partial charge >= 0.3 is 0 Å². The third-order valence-corrected chi connectivity index (χ3v) is 4.00. The van der Waals surface area contributed by atoms with Crippen molar-refractivity contribution in [3.05, 3.63) is 0 Å². The molecule has 4 unspecified atom stereocenters. The first kappa shape index (κ1) is 11.0. The third kappa shape index (κ3) is 2.70. The van der Waals surface area contributed by atoms with Crippen LogP contribution in [0.5, 0.6) is 0 Å². The van der Waals surface area contributed by atoms with Gasteiger partial charge in [-0.3, -0.25) is 0 Å². The molecule has 0 heterocycles. The molecule has 1 nitrogen and oxygen atoms in total. The molecular formula is C12H25N. The lowest BCUT2D eigenvalue weighted by molar-refractivity contribution is 0.314. The van der Waals surface area contributed by atoms with Crippen molar-refractivity contribution in [1.82, 2.24) is 0 Å². The van der Waals surface area contributed by atoms with Crippen LogP contribution >= 0.6 is 0 Å². The van der Waals surface area contributed by atoms with Gasteiger partial charge in [-0.25, -0.2) is 0 Å². The Labute approximate surface area is 83.1 Å². The zero-order chi connectivity index (χ0) is 9.84. The van der Waals surface area contributed by atoms with Crippen LogP contribution in [0, 0.1) is 17.8 Å². The Morgan fingerprint density at radius 2 is 2.00 bits per heavy atom. The molecule has 2 N–H and O–H groups in total. The summed E-state index contributed by atoms with van der Waals surface area (Å²) in [5, 5.41) is 0. The van der Waals surface area contributed by atoms with Gasteiger partial charge in [-0.2, -0.15) is 0 Å². The van der Waals surface area contributed by atoms with Gasteiger partial charge in [-0.05, 0) is 30.6 Å². The van der Waals surface area contributed by atoms with E-state index in [2.05, 4.69) is 20.8 Å². The molecule has 1 heteroatoms. The highest BCUT2D eigenvalue weighted by molar-refractivity contribution is 4.84.